The molecule has 0 aliphatic carbocycles. The Kier molecular flexibility index (Phi) is 12.6. The van der Waals surface area contributed by atoms with Crippen molar-refractivity contribution in [2.24, 2.45) is 0 Å². The van der Waals surface area contributed by atoms with Gasteiger partial charge in [0.15, 0.2) is 6.29 Å². The number of aliphatic hydroxyl groups excluding tert-OH is 1. The number of hydrogen-bond donors (Lipinski definition) is 4. The SMILES string of the molecule is CCCC(O)O.O=C(O)CCC(=O)O.O=C1OCCOC(=O)c2ccc1cc2. The third-order valence-electron chi connectivity index (χ3n) is 3.01. The summed E-state index contributed by atoms with van der Waals surface area (Å²) in [6, 6.07) is 6.18. The quantitative estimate of drug-likeness (QED) is 0.414. The molecule has 3 rings (SSSR count). The van der Waals surface area contributed by atoms with Gasteiger partial charge in [-0.1, -0.05) is 13.3 Å². The first kappa shape index (κ1) is 25.0. The van der Waals surface area contributed by atoms with Crippen LogP contribution < -0.4 is 0 Å². The summed E-state index contributed by atoms with van der Waals surface area (Å²) in [5.74, 6) is -2.94. The Morgan fingerprint density at radius 2 is 1.25 bits per heavy atom. The number of ether oxygens (including phenoxy) is 2. The van der Waals surface area contributed by atoms with E-state index >= 15 is 0 Å². The van der Waals surface area contributed by atoms with Gasteiger partial charge in [-0.05, 0) is 30.7 Å². The van der Waals surface area contributed by atoms with Crippen LogP contribution in [-0.4, -0.2) is 63.8 Å². The van der Waals surface area contributed by atoms with Crippen molar-refractivity contribution in [3.8, 4) is 0 Å². The number of esters is 2. The molecule has 0 aromatic heterocycles. The van der Waals surface area contributed by atoms with Crippen LogP contribution in [0.2, 0.25) is 0 Å². The molecule has 0 radical (unpaired) electrons. The predicted molar refractivity (Wildman–Crippen MR) is 94.6 cm³/mol. The predicted octanol–water partition coefficient (Wildman–Crippen LogP) is 1.05. The number of carboxylic acids is 2. The molecule has 0 unspecified atom stereocenters. The lowest BCUT2D eigenvalue weighted by atomic mass is 10.1. The molecule has 10 heteroatoms. The third-order valence-corrected chi connectivity index (χ3v) is 3.01. The first-order chi connectivity index (χ1) is 13.2. The fourth-order valence-corrected chi connectivity index (χ4v) is 1.65. The molecule has 0 saturated heterocycles. The van der Waals surface area contributed by atoms with Crippen molar-refractivity contribution < 1.29 is 49.1 Å². The highest BCUT2D eigenvalue weighted by Crippen LogP contribution is 2.09. The Morgan fingerprint density at radius 1 is 0.893 bits per heavy atom. The number of carbonyl (C=O) groups excluding carboxylic acids is 2. The van der Waals surface area contributed by atoms with Crippen LogP contribution in [0.1, 0.15) is 53.3 Å². The molecule has 0 atom stereocenters. The lowest BCUT2D eigenvalue weighted by Gasteiger charge is -2.09. The Hall–Kier alpha value is -2.98. The molecular weight excluding hydrogens is 376 g/mol. The van der Waals surface area contributed by atoms with E-state index in [-0.39, 0.29) is 26.1 Å². The van der Waals surface area contributed by atoms with Crippen LogP contribution in [0.3, 0.4) is 0 Å². The average molecular weight is 400 g/mol. The van der Waals surface area contributed by atoms with Crippen LogP contribution in [0.25, 0.3) is 0 Å². The van der Waals surface area contributed by atoms with E-state index in [4.69, 9.17) is 29.9 Å². The van der Waals surface area contributed by atoms with E-state index in [1.54, 1.807) is 24.3 Å². The van der Waals surface area contributed by atoms with Gasteiger partial charge in [0.25, 0.3) is 0 Å². The second-order valence-electron chi connectivity index (χ2n) is 5.41. The Morgan fingerprint density at radius 3 is 1.46 bits per heavy atom. The highest BCUT2D eigenvalue weighted by atomic mass is 16.6. The summed E-state index contributed by atoms with van der Waals surface area (Å²) in [5.41, 5.74) is 0.895. The first-order valence-electron chi connectivity index (χ1n) is 8.41. The van der Waals surface area contributed by atoms with Crippen LogP contribution >= 0.6 is 0 Å². The second-order valence-corrected chi connectivity index (χ2v) is 5.41. The molecule has 156 valence electrons. The number of fused-ring (bicyclic) bond motifs is 7. The molecule has 1 aromatic carbocycles. The van der Waals surface area contributed by atoms with Gasteiger partial charge in [0.2, 0.25) is 0 Å². The van der Waals surface area contributed by atoms with Crippen molar-refractivity contribution in [1.82, 2.24) is 0 Å². The maximum atomic E-state index is 11.3. The standard InChI is InChI=1S/C10H8O4.C4H6O4.C4H10O2/c11-9-7-1-2-8(4-3-7)10(12)14-6-5-13-9;5-3(6)1-2-4(7)8;1-2-3-4(5)6/h1-4H,5-6H2;1-2H2,(H,5,6)(H,7,8);4-6H,2-3H2,1H3. The molecule has 0 fully saturated rings. The van der Waals surface area contributed by atoms with Gasteiger partial charge >= 0.3 is 23.9 Å². The van der Waals surface area contributed by atoms with E-state index in [1.807, 2.05) is 6.92 Å². The summed E-state index contributed by atoms with van der Waals surface area (Å²) in [4.78, 5) is 41.8. The normalized spacial score (nSPS) is 12.6. The fourth-order valence-electron chi connectivity index (χ4n) is 1.65. The van der Waals surface area contributed by atoms with Crippen molar-refractivity contribution in [1.29, 1.82) is 0 Å². The molecule has 0 amide bonds. The lowest BCUT2D eigenvalue weighted by Crippen LogP contribution is -2.16. The molecule has 2 heterocycles. The summed E-state index contributed by atoms with van der Waals surface area (Å²) in [7, 11) is 0. The van der Waals surface area contributed by atoms with Crippen molar-refractivity contribution >= 4 is 23.9 Å². The van der Waals surface area contributed by atoms with Crippen molar-refractivity contribution in [2.75, 3.05) is 13.2 Å². The Balaban J connectivity index is 0.000000445. The molecule has 1 aromatic rings. The van der Waals surface area contributed by atoms with Crippen LogP contribution in [0.5, 0.6) is 0 Å². The number of aliphatic hydroxyl groups is 2. The summed E-state index contributed by atoms with van der Waals surface area (Å²) < 4.78 is 9.66. The van der Waals surface area contributed by atoms with Crippen LogP contribution in [-0.2, 0) is 19.1 Å². The number of hydrogen-bond acceptors (Lipinski definition) is 8. The van der Waals surface area contributed by atoms with E-state index in [9.17, 15) is 19.2 Å². The third kappa shape index (κ3) is 12.4. The molecule has 4 N–H and O–H groups in total. The molecular formula is C18H24O10. The van der Waals surface area contributed by atoms with Gasteiger partial charge in [-0.3, -0.25) is 9.59 Å². The average Bonchev–Trinajstić information content (AvgIpc) is 2.64. The van der Waals surface area contributed by atoms with Crippen molar-refractivity contribution in [3.63, 3.8) is 0 Å². The monoisotopic (exact) mass is 400 g/mol. The van der Waals surface area contributed by atoms with Gasteiger partial charge < -0.3 is 29.9 Å². The molecule has 2 bridgehead atoms. The highest BCUT2D eigenvalue weighted by molar-refractivity contribution is 5.93. The number of carbonyl (C=O) groups is 4. The minimum Gasteiger partial charge on any atom is -0.481 e. The fraction of sp³-hybridized carbons (Fsp3) is 0.444. The molecule has 0 spiro atoms. The van der Waals surface area contributed by atoms with Gasteiger partial charge in [-0.15, -0.1) is 0 Å². The zero-order valence-corrected chi connectivity index (χ0v) is 15.4. The highest BCUT2D eigenvalue weighted by Gasteiger charge is 2.13. The zero-order valence-electron chi connectivity index (χ0n) is 15.4. The molecule has 0 saturated carbocycles. The van der Waals surface area contributed by atoms with Crippen molar-refractivity contribution in [2.45, 2.75) is 38.9 Å². The Bertz CT molecular complexity index is 585. The van der Waals surface area contributed by atoms with Crippen LogP contribution in [0.4, 0.5) is 0 Å². The van der Waals surface area contributed by atoms with Gasteiger partial charge in [0.05, 0.1) is 24.0 Å². The number of benzene rings is 1. The summed E-state index contributed by atoms with van der Waals surface area (Å²) in [6.07, 6.45) is -0.377. The van der Waals surface area contributed by atoms with Gasteiger partial charge in [0, 0.05) is 0 Å². The smallest absolute Gasteiger partial charge is 0.338 e. The van der Waals surface area contributed by atoms with Crippen LogP contribution in [0.15, 0.2) is 24.3 Å². The topological polar surface area (TPSA) is 168 Å². The molecule has 10 nitrogen and oxygen atoms in total. The largest absolute Gasteiger partial charge is 0.481 e. The number of carboxylic acid groups (broad SMARTS) is 2. The number of aliphatic carboxylic acids is 2. The van der Waals surface area contributed by atoms with Gasteiger partial charge in [0.1, 0.15) is 13.2 Å². The second kappa shape index (κ2) is 14.1. The molecule has 28 heavy (non-hydrogen) atoms. The maximum Gasteiger partial charge on any atom is 0.338 e. The minimum absolute atomic E-state index is 0.100. The maximum absolute atomic E-state index is 11.3. The van der Waals surface area contributed by atoms with E-state index in [2.05, 4.69) is 0 Å². The van der Waals surface area contributed by atoms with Crippen molar-refractivity contribution in [3.05, 3.63) is 35.4 Å². The summed E-state index contributed by atoms with van der Waals surface area (Å²) in [5, 5.41) is 32.0. The summed E-state index contributed by atoms with van der Waals surface area (Å²) in [6.45, 7) is 2.10. The van der Waals surface area contributed by atoms with E-state index in [1.165, 1.54) is 0 Å². The van der Waals surface area contributed by atoms with E-state index in [0.717, 1.165) is 6.42 Å². The lowest BCUT2D eigenvalue weighted by molar-refractivity contribution is -0.143. The van der Waals surface area contributed by atoms with E-state index in [0.29, 0.717) is 17.5 Å². The van der Waals surface area contributed by atoms with Gasteiger partial charge in [-0.2, -0.15) is 0 Å². The number of rotatable bonds is 5. The summed E-state index contributed by atoms with van der Waals surface area (Å²) >= 11 is 0. The first-order valence-corrected chi connectivity index (χ1v) is 8.41. The minimum atomic E-state index is -1.10. The molecule has 2 aliphatic heterocycles. The molecule has 2 aliphatic rings. The van der Waals surface area contributed by atoms with Crippen LogP contribution in [0, 0.1) is 0 Å². The Labute approximate surface area is 161 Å². The zero-order chi connectivity index (χ0) is 21.5. The van der Waals surface area contributed by atoms with Gasteiger partial charge in [-0.25, -0.2) is 9.59 Å². The van der Waals surface area contributed by atoms with E-state index < -0.39 is 30.2 Å².